The van der Waals surface area contributed by atoms with E-state index in [0.29, 0.717) is 10.5 Å². The molecule has 0 amide bonds. The molecule has 1 heterocycles. The van der Waals surface area contributed by atoms with Gasteiger partial charge in [-0.05, 0) is 54.7 Å². The number of nitrogens with one attached hydrogen (secondary N) is 1. The Morgan fingerprint density at radius 3 is 2.95 bits per heavy atom. The number of carbonyl (C=O) groups is 1. The lowest BCUT2D eigenvalue weighted by Crippen LogP contribution is -2.21. The van der Waals surface area contributed by atoms with Gasteiger partial charge in [0.2, 0.25) is 0 Å². The summed E-state index contributed by atoms with van der Waals surface area (Å²) in [7, 11) is 3.03. The standard InChI is InChI=1S/C16H18N2O3S/c1-20-11-7-6-10-4-3-5-13(12(10)8-11)18-14(15(19)21-2)9-17-16(18)22/h6-9,13H,3-5H2,1-2H3,(H,17,22). The highest BCUT2D eigenvalue weighted by Crippen LogP contribution is 2.36. The highest BCUT2D eigenvalue weighted by Gasteiger charge is 2.27. The van der Waals surface area contributed by atoms with Gasteiger partial charge in [0.15, 0.2) is 4.77 Å². The van der Waals surface area contributed by atoms with Gasteiger partial charge < -0.3 is 19.0 Å². The van der Waals surface area contributed by atoms with E-state index in [2.05, 4.69) is 11.1 Å². The predicted molar refractivity (Wildman–Crippen MR) is 85.0 cm³/mol. The van der Waals surface area contributed by atoms with Gasteiger partial charge in [-0.3, -0.25) is 0 Å². The average Bonchev–Trinajstić information content (AvgIpc) is 2.94. The third-order valence-corrected chi connectivity index (χ3v) is 4.47. The second kappa shape index (κ2) is 5.96. The van der Waals surface area contributed by atoms with Gasteiger partial charge in [0, 0.05) is 6.20 Å². The molecule has 1 atom stereocenters. The summed E-state index contributed by atoms with van der Waals surface area (Å²) < 4.78 is 12.6. The first kappa shape index (κ1) is 14.8. The van der Waals surface area contributed by atoms with Crippen LogP contribution in [0.15, 0.2) is 24.4 Å². The summed E-state index contributed by atoms with van der Waals surface area (Å²) in [5, 5.41) is 0. The average molecular weight is 318 g/mol. The lowest BCUT2D eigenvalue weighted by Gasteiger charge is -2.28. The van der Waals surface area contributed by atoms with Crippen LogP contribution in [0.4, 0.5) is 0 Å². The minimum Gasteiger partial charge on any atom is -0.497 e. The largest absolute Gasteiger partial charge is 0.497 e. The van der Waals surface area contributed by atoms with Gasteiger partial charge in [-0.1, -0.05) is 6.07 Å². The summed E-state index contributed by atoms with van der Waals surface area (Å²) in [6.45, 7) is 0. The molecule has 0 fully saturated rings. The Hall–Kier alpha value is -2.08. The Morgan fingerprint density at radius 2 is 2.23 bits per heavy atom. The fraction of sp³-hybridized carbons (Fsp3) is 0.375. The number of hydrogen-bond acceptors (Lipinski definition) is 4. The smallest absolute Gasteiger partial charge is 0.356 e. The molecule has 0 spiro atoms. The van der Waals surface area contributed by atoms with Crippen LogP contribution in [0, 0.1) is 4.77 Å². The predicted octanol–water partition coefficient (Wildman–Crippen LogP) is 3.27. The molecular formula is C16H18N2O3S. The van der Waals surface area contributed by atoms with Gasteiger partial charge in [-0.2, -0.15) is 0 Å². The molecule has 0 saturated heterocycles. The van der Waals surface area contributed by atoms with Crippen molar-refractivity contribution in [3.63, 3.8) is 0 Å². The van der Waals surface area contributed by atoms with Crippen molar-refractivity contribution < 1.29 is 14.3 Å². The molecule has 0 aliphatic heterocycles. The van der Waals surface area contributed by atoms with E-state index in [1.54, 1.807) is 13.3 Å². The zero-order valence-corrected chi connectivity index (χ0v) is 13.4. The molecule has 6 heteroatoms. The van der Waals surface area contributed by atoms with Crippen molar-refractivity contribution in [2.24, 2.45) is 0 Å². The van der Waals surface area contributed by atoms with Crippen LogP contribution in [0.3, 0.4) is 0 Å². The number of benzene rings is 1. The Bertz CT molecular complexity index is 763. The SMILES string of the molecule is COC(=O)c1c[nH]c(=S)n1C1CCCc2ccc(OC)cc21. The molecule has 1 aromatic heterocycles. The quantitative estimate of drug-likeness (QED) is 0.697. The number of nitrogens with zero attached hydrogens (tertiary/aromatic N) is 1. The molecule has 0 saturated carbocycles. The molecule has 116 valence electrons. The summed E-state index contributed by atoms with van der Waals surface area (Å²) >= 11 is 5.38. The van der Waals surface area contributed by atoms with Gasteiger partial charge in [0.1, 0.15) is 11.4 Å². The number of H-pyrrole nitrogens is 1. The van der Waals surface area contributed by atoms with E-state index in [9.17, 15) is 4.79 Å². The third-order valence-electron chi connectivity index (χ3n) is 4.15. The lowest BCUT2D eigenvalue weighted by atomic mass is 9.87. The molecule has 0 radical (unpaired) electrons. The van der Waals surface area contributed by atoms with Gasteiger partial charge in [0.05, 0.1) is 20.3 Å². The van der Waals surface area contributed by atoms with Crippen LogP contribution in [-0.4, -0.2) is 29.7 Å². The molecule has 1 aliphatic rings. The first-order valence-corrected chi connectivity index (χ1v) is 7.61. The van der Waals surface area contributed by atoms with Crippen molar-refractivity contribution in [2.45, 2.75) is 25.3 Å². The number of imidazole rings is 1. The topological polar surface area (TPSA) is 56.2 Å². The minimum absolute atomic E-state index is 0.0201. The molecule has 0 bridgehead atoms. The van der Waals surface area contributed by atoms with Crippen molar-refractivity contribution in [3.8, 4) is 5.75 Å². The van der Waals surface area contributed by atoms with Crippen LogP contribution < -0.4 is 4.74 Å². The van der Waals surface area contributed by atoms with Crippen LogP contribution in [-0.2, 0) is 11.2 Å². The molecule has 1 N–H and O–H groups in total. The molecule has 5 nitrogen and oxygen atoms in total. The van der Waals surface area contributed by atoms with Crippen LogP contribution in [0.2, 0.25) is 0 Å². The number of hydrogen-bond donors (Lipinski definition) is 1. The highest BCUT2D eigenvalue weighted by molar-refractivity contribution is 7.71. The number of carbonyl (C=O) groups excluding carboxylic acids is 1. The normalized spacial score (nSPS) is 16.9. The fourth-order valence-electron chi connectivity index (χ4n) is 3.10. The first-order valence-electron chi connectivity index (χ1n) is 7.20. The second-order valence-corrected chi connectivity index (χ2v) is 5.70. The van der Waals surface area contributed by atoms with Crippen molar-refractivity contribution in [2.75, 3.05) is 14.2 Å². The van der Waals surface area contributed by atoms with E-state index in [1.165, 1.54) is 12.7 Å². The molecule has 3 rings (SSSR count). The maximum absolute atomic E-state index is 12.0. The Morgan fingerprint density at radius 1 is 1.41 bits per heavy atom. The van der Waals surface area contributed by atoms with Crippen molar-refractivity contribution in [1.82, 2.24) is 9.55 Å². The maximum atomic E-state index is 12.0. The number of rotatable bonds is 3. The molecule has 1 unspecified atom stereocenters. The van der Waals surface area contributed by atoms with Gasteiger partial charge in [-0.15, -0.1) is 0 Å². The number of aromatic amines is 1. The van der Waals surface area contributed by atoms with Gasteiger partial charge in [-0.25, -0.2) is 4.79 Å². The molecule has 1 aromatic carbocycles. The summed E-state index contributed by atoms with van der Waals surface area (Å²) in [5.74, 6) is 0.426. The van der Waals surface area contributed by atoms with Crippen LogP contribution in [0.5, 0.6) is 5.75 Å². The summed E-state index contributed by atoms with van der Waals surface area (Å²) in [5.41, 5.74) is 2.88. The summed E-state index contributed by atoms with van der Waals surface area (Å²) in [4.78, 5) is 14.9. The zero-order chi connectivity index (χ0) is 15.7. The van der Waals surface area contributed by atoms with E-state index in [1.807, 2.05) is 16.7 Å². The Balaban J connectivity index is 2.14. The molecular weight excluding hydrogens is 300 g/mol. The molecule has 2 aromatic rings. The Kier molecular flexibility index (Phi) is 4.02. The molecule has 22 heavy (non-hydrogen) atoms. The number of ether oxygens (including phenoxy) is 2. The monoisotopic (exact) mass is 318 g/mol. The summed E-state index contributed by atoms with van der Waals surface area (Å²) in [6, 6.07) is 6.12. The van der Waals surface area contributed by atoms with Crippen molar-refractivity contribution in [3.05, 3.63) is 46.0 Å². The van der Waals surface area contributed by atoms with E-state index < -0.39 is 0 Å². The highest BCUT2D eigenvalue weighted by atomic mass is 32.1. The number of aromatic nitrogens is 2. The lowest BCUT2D eigenvalue weighted by molar-refractivity contribution is 0.0586. The number of esters is 1. The van der Waals surface area contributed by atoms with Crippen molar-refractivity contribution in [1.29, 1.82) is 0 Å². The van der Waals surface area contributed by atoms with E-state index >= 15 is 0 Å². The number of methoxy groups -OCH3 is 2. The number of fused-ring (bicyclic) bond motifs is 1. The Labute approximate surface area is 133 Å². The third kappa shape index (κ3) is 2.43. The minimum atomic E-state index is -0.387. The number of aryl methyl sites for hydroxylation is 1. The first-order chi connectivity index (χ1) is 10.7. The second-order valence-electron chi connectivity index (χ2n) is 5.31. The van der Waals surface area contributed by atoms with Crippen molar-refractivity contribution >= 4 is 18.2 Å². The van der Waals surface area contributed by atoms with E-state index in [0.717, 1.165) is 30.6 Å². The van der Waals surface area contributed by atoms with E-state index in [-0.39, 0.29) is 12.0 Å². The fourth-order valence-corrected chi connectivity index (χ4v) is 3.38. The van der Waals surface area contributed by atoms with Gasteiger partial charge >= 0.3 is 5.97 Å². The maximum Gasteiger partial charge on any atom is 0.356 e. The van der Waals surface area contributed by atoms with Crippen LogP contribution in [0.25, 0.3) is 0 Å². The summed E-state index contributed by atoms with van der Waals surface area (Å²) in [6.07, 6.45) is 4.62. The van der Waals surface area contributed by atoms with Gasteiger partial charge in [0.25, 0.3) is 0 Å². The van der Waals surface area contributed by atoms with Crippen LogP contribution in [0.1, 0.15) is 40.5 Å². The van der Waals surface area contributed by atoms with Crippen LogP contribution >= 0.6 is 12.2 Å². The zero-order valence-electron chi connectivity index (χ0n) is 12.6. The molecule has 1 aliphatic carbocycles. The van der Waals surface area contributed by atoms with E-state index in [4.69, 9.17) is 21.7 Å².